The van der Waals surface area contributed by atoms with Crippen LogP contribution in [-0.4, -0.2) is 48.2 Å². The molecule has 27 heavy (non-hydrogen) atoms. The average Bonchev–Trinajstić information content (AvgIpc) is 2.94. The zero-order chi connectivity index (χ0) is 19.6. The highest BCUT2D eigenvalue weighted by molar-refractivity contribution is 5.93. The molecule has 2 aromatic carbocycles. The molecular weight excluding hydrogens is 342 g/mol. The first kappa shape index (κ1) is 18.7. The number of carbonyl (C=O) groups is 2. The summed E-state index contributed by atoms with van der Waals surface area (Å²) in [6.45, 7) is 2.35. The molecule has 1 atom stereocenters. The van der Waals surface area contributed by atoms with Gasteiger partial charge >= 0.3 is 5.97 Å². The number of likely N-dealkylation sites (tertiary alicyclic amines) is 1. The van der Waals surface area contributed by atoms with Crippen LogP contribution in [0.3, 0.4) is 0 Å². The summed E-state index contributed by atoms with van der Waals surface area (Å²) in [7, 11) is 3.01. The molecule has 0 aromatic heterocycles. The maximum Gasteiger partial charge on any atom is 0.338 e. The molecular formula is C22H21NO4. The highest BCUT2D eigenvalue weighted by Gasteiger charge is 2.42. The van der Waals surface area contributed by atoms with E-state index in [-0.39, 0.29) is 11.9 Å². The minimum atomic E-state index is -1.62. The molecule has 138 valence electrons. The lowest BCUT2D eigenvalue weighted by Gasteiger charge is -2.13. The maximum absolute atomic E-state index is 12.0. The summed E-state index contributed by atoms with van der Waals surface area (Å²) >= 11 is 0. The van der Waals surface area contributed by atoms with Crippen molar-refractivity contribution in [2.24, 2.45) is 0 Å². The number of aliphatic hydroxyl groups is 1. The molecule has 0 bridgehead atoms. The molecule has 1 aliphatic heterocycles. The predicted octanol–water partition coefficient (Wildman–Crippen LogP) is 2.39. The second-order valence-electron chi connectivity index (χ2n) is 6.69. The van der Waals surface area contributed by atoms with E-state index in [1.54, 1.807) is 13.1 Å². The summed E-state index contributed by atoms with van der Waals surface area (Å²) in [6.07, 6.45) is 0.301. The molecule has 0 unspecified atom stereocenters. The minimum absolute atomic E-state index is 0.301. The van der Waals surface area contributed by atoms with E-state index < -0.39 is 5.60 Å². The van der Waals surface area contributed by atoms with Gasteiger partial charge in [0.25, 0.3) is 5.91 Å². The van der Waals surface area contributed by atoms with Gasteiger partial charge in [0.2, 0.25) is 5.60 Å². The van der Waals surface area contributed by atoms with Crippen molar-refractivity contribution in [3.05, 3.63) is 59.2 Å². The molecule has 5 heteroatoms. The van der Waals surface area contributed by atoms with Gasteiger partial charge in [0.15, 0.2) is 0 Å². The van der Waals surface area contributed by atoms with Crippen LogP contribution in [0.2, 0.25) is 0 Å². The van der Waals surface area contributed by atoms with E-state index in [0.29, 0.717) is 24.1 Å². The van der Waals surface area contributed by atoms with Crippen molar-refractivity contribution in [2.45, 2.75) is 18.9 Å². The van der Waals surface area contributed by atoms with Crippen LogP contribution >= 0.6 is 0 Å². The fourth-order valence-electron chi connectivity index (χ4n) is 3.05. The van der Waals surface area contributed by atoms with Crippen LogP contribution in [0, 0.1) is 18.8 Å². The standard InChI is InChI=1S/C22H21NO4/c1-15-7-8-18(14-19(15)20(24)27-3)17-6-4-5-16(13-17)9-10-22(26)11-12-23(2)21(22)25/h4-8,13-14,26H,11-12H2,1-3H3/t22-/m0/s1. The molecule has 1 fully saturated rings. The van der Waals surface area contributed by atoms with Gasteiger partial charge in [0.05, 0.1) is 12.7 Å². The van der Waals surface area contributed by atoms with Crippen molar-refractivity contribution >= 4 is 11.9 Å². The van der Waals surface area contributed by atoms with Crippen molar-refractivity contribution in [1.82, 2.24) is 4.90 Å². The first-order chi connectivity index (χ1) is 12.8. The van der Waals surface area contributed by atoms with Gasteiger partial charge in [0, 0.05) is 25.6 Å². The molecule has 0 saturated carbocycles. The monoisotopic (exact) mass is 363 g/mol. The number of rotatable bonds is 2. The predicted molar refractivity (Wildman–Crippen MR) is 102 cm³/mol. The Hall–Kier alpha value is -3.10. The molecule has 1 amide bonds. The number of hydrogen-bond donors (Lipinski definition) is 1. The van der Waals surface area contributed by atoms with Gasteiger partial charge < -0.3 is 14.7 Å². The number of ether oxygens (including phenoxy) is 1. The van der Waals surface area contributed by atoms with E-state index in [1.165, 1.54) is 12.0 Å². The molecule has 0 spiro atoms. The summed E-state index contributed by atoms with van der Waals surface area (Å²) in [5.74, 6) is 4.88. The number of aryl methyl sites for hydroxylation is 1. The highest BCUT2D eigenvalue weighted by Crippen LogP contribution is 2.24. The Labute approximate surface area is 158 Å². The highest BCUT2D eigenvalue weighted by atomic mass is 16.5. The number of likely N-dealkylation sites (N-methyl/N-ethyl adjacent to an activating group) is 1. The van der Waals surface area contributed by atoms with Gasteiger partial charge in [-0.25, -0.2) is 4.79 Å². The Kier molecular flexibility index (Phi) is 5.02. The molecule has 0 aliphatic carbocycles. The van der Waals surface area contributed by atoms with Crippen molar-refractivity contribution in [3.63, 3.8) is 0 Å². The molecule has 2 aromatic rings. The maximum atomic E-state index is 12.0. The topological polar surface area (TPSA) is 66.8 Å². The molecule has 1 N–H and O–H groups in total. The van der Waals surface area contributed by atoms with E-state index in [2.05, 4.69) is 11.8 Å². The van der Waals surface area contributed by atoms with Crippen molar-refractivity contribution in [1.29, 1.82) is 0 Å². The largest absolute Gasteiger partial charge is 0.465 e. The average molecular weight is 363 g/mol. The second-order valence-corrected chi connectivity index (χ2v) is 6.69. The molecule has 1 aliphatic rings. The van der Waals surface area contributed by atoms with Crippen molar-refractivity contribution < 1.29 is 19.4 Å². The first-order valence-electron chi connectivity index (χ1n) is 8.64. The zero-order valence-electron chi connectivity index (χ0n) is 15.6. The van der Waals surface area contributed by atoms with E-state index in [9.17, 15) is 14.7 Å². The Morgan fingerprint density at radius 1 is 1.22 bits per heavy atom. The molecule has 0 radical (unpaired) electrons. The number of nitrogens with zero attached hydrogens (tertiary/aromatic N) is 1. The van der Waals surface area contributed by atoms with Gasteiger partial charge in [-0.05, 0) is 41.8 Å². The minimum Gasteiger partial charge on any atom is -0.465 e. The van der Waals surface area contributed by atoms with Crippen LogP contribution in [0.25, 0.3) is 11.1 Å². The lowest BCUT2D eigenvalue weighted by molar-refractivity contribution is -0.137. The molecule has 5 nitrogen and oxygen atoms in total. The lowest BCUT2D eigenvalue weighted by Crippen LogP contribution is -2.37. The molecule has 3 rings (SSSR count). The van der Waals surface area contributed by atoms with Crippen molar-refractivity contribution in [2.75, 3.05) is 20.7 Å². The van der Waals surface area contributed by atoms with E-state index in [4.69, 9.17) is 4.74 Å². The number of amides is 1. The quantitative estimate of drug-likeness (QED) is 0.657. The third-order valence-corrected chi connectivity index (χ3v) is 4.76. The summed E-state index contributed by atoms with van der Waals surface area (Å²) in [5.41, 5.74) is 2.16. The van der Waals surface area contributed by atoms with Gasteiger partial charge in [-0.3, -0.25) is 4.79 Å². The first-order valence-corrected chi connectivity index (χ1v) is 8.64. The molecule has 1 heterocycles. The van der Waals surface area contributed by atoms with Crippen LogP contribution in [0.5, 0.6) is 0 Å². The van der Waals surface area contributed by atoms with Gasteiger partial charge in [-0.1, -0.05) is 36.1 Å². The van der Waals surface area contributed by atoms with E-state index in [0.717, 1.165) is 16.7 Å². The molecule has 1 saturated heterocycles. The van der Waals surface area contributed by atoms with Crippen LogP contribution < -0.4 is 0 Å². The Morgan fingerprint density at radius 2 is 1.96 bits per heavy atom. The van der Waals surface area contributed by atoms with E-state index >= 15 is 0 Å². The Bertz CT molecular complexity index is 970. The summed E-state index contributed by atoms with van der Waals surface area (Å²) in [5, 5.41) is 10.4. The van der Waals surface area contributed by atoms with Gasteiger partial charge in [-0.2, -0.15) is 0 Å². The zero-order valence-corrected chi connectivity index (χ0v) is 15.6. The SMILES string of the molecule is COC(=O)c1cc(-c2cccc(C#C[C@]3(O)CCN(C)C3=O)c2)ccc1C. The second kappa shape index (κ2) is 7.26. The Morgan fingerprint density at radius 3 is 2.63 bits per heavy atom. The lowest BCUT2D eigenvalue weighted by atomic mass is 9.98. The Balaban J connectivity index is 1.93. The number of benzene rings is 2. The van der Waals surface area contributed by atoms with Gasteiger partial charge in [0.1, 0.15) is 0 Å². The number of esters is 1. The third kappa shape index (κ3) is 3.71. The third-order valence-electron chi connectivity index (χ3n) is 4.76. The fourth-order valence-corrected chi connectivity index (χ4v) is 3.05. The number of hydrogen-bond acceptors (Lipinski definition) is 4. The normalized spacial score (nSPS) is 18.8. The summed E-state index contributed by atoms with van der Waals surface area (Å²) in [6, 6.07) is 13.0. The smallest absolute Gasteiger partial charge is 0.338 e. The van der Waals surface area contributed by atoms with Crippen LogP contribution in [-0.2, 0) is 9.53 Å². The van der Waals surface area contributed by atoms with Crippen LogP contribution in [0.4, 0.5) is 0 Å². The van der Waals surface area contributed by atoms with E-state index in [1.807, 2.05) is 43.3 Å². The van der Waals surface area contributed by atoms with Gasteiger partial charge in [-0.15, -0.1) is 0 Å². The van der Waals surface area contributed by atoms with Crippen LogP contribution in [0.15, 0.2) is 42.5 Å². The summed E-state index contributed by atoms with van der Waals surface area (Å²) in [4.78, 5) is 25.4. The summed E-state index contributed by atoms with van der Waals surface area (Å²) < 4.78 is 4.83. The fraction of sp³-hybridized carbons (Fsp3) is 0.273. The van der Waals surface area contributed by atoms with Crippen LogP contribution in [0.1, 0.15) is 27.9 Å². The number of methoxy groups -OCH3 is 1. The van der Waals surface area contributed by atoms with Crippen molar-refractivity contribution in [3.8, 4) is 23.0 Å². The number of carbonyl (C=O) groups excluding carboxylic acids is 2.